The summed E-state index contributed by atoms with van der Waals surface area (Å²) in [6.07, 6.45) is 1.30. The number of carbonyl (C=O) groups is 2. The average Bonchev–Trinajstić information content (AvgIpc) is 3.41. The predicted octanol–water partition coefficient (Wildman–Crippen LogP) is 3.44. The van der Waals surface area contributed by atoms with Crippen molar-refractivity contribution in [3.8, 4) is 5.75 Å². The number of hydrogen-bond donors (Lipinski definition) is 0. The number of hydrogen-bond acceptors (Lipinski definition) is 6. The molecule has 0 fully saturated rings. The van der Waals surface area contributed by atoms with Crippen LogP contribution < -0.4 is 4.74 Å². The number of carbonyl (C=O) groups excluding carboxylic acids is 2. The molecule has 0 N–H and O–H groups in total. The van der Waals surface area contributed by atoms with Crippen LogP contribution in [-0.4, -0.2) is 31.7 Å². The van der Waals surface area contributed by atoms with Gasteiger partial charge in [0, 0.05) is 17.5 Å². The van der Waals surface area contributed by atoms with Crippen LogP contribution in [-0.2, 0) is 24.2 Å². The Balaban J connectivity index is 2.14. The van der Waals surface area contributed by atoms with E-state index >= 15 is 0 Å². The van der Waals surface area contributed by atoms with Gasteiger partial charge in [-0.2, -0.15) is 0 Å². The van der Waals surface area contributed by atoms with Crippen molar-refractivity contribution in [2.45, 2.75) is 23.5 Å². The number of ether oxygens (including phenoxy) is 2. The van der Waals surface area contributed by atoms with Crippen molar-refractivity contribution in [2.24, 2.45) is 0 Å². The first-order valence-corrected chi connectivity index (χ1v) is 10.3. The fourth-order valence-corrected chi connectivity index (χ4v) is 4.94. The molecule has 0 saturated heterocycles. The van der Waals surface area contributed by atoms with Crippen molar-refractivity contribution >= 4 is 38.9 Å². The summed E-state index contributed by atoms with van der Waals surface area (Å²) in [5, 5.41) is 0.300. The van der Waals surface area contributed by atoms with E-state index in [4.69, 9.17) is 21.1 Å². The lowest BCUT2D eigenvalue weighted by molar-refractivity contribution is -0.142. The van der Waals surface area contributed by atoms with Crippen LogP contribution >= 0.6 is 11.6 Å². The van der Waals surface area contributed by atoms with Gasteiger partial charge in [-0.25, -0.2) is 13.2 Å². The topological polar surface area (TPSA) is 86.7 Å². The zero-order valence-electron chi connectivity index (χ0n) is 15.1. The van der Waals surface area contributed by atoms with E-state index in [1.165, 1.54) is 43.3 Å². The minimum Gasteiger partial charge on any atom is -0.464 e. The van der Waals surface area contributed by atoms with Gasteiger partial charge in [-0.05, 0) is 48.9 Å². The third kappa shape index (κ3) is 3.31. The molecular weight excluding hydrogens is 404 g/mol. The van der Waals surface area contributed by atoms with Gasteiger partial charge < -0.3 is 9.47 Å². The van der Waals surface area contributed by atoms with Crippen LogP contribution in [0.1, 0.15) is 19.4 Å². The molecule has 0 aromatic heterocycles. The summed E-state index contributed by atoms with van der Waals surface area (Å²) in [4.78, 5) is 24.2. The molecule has 3 rings (SSSR count). The Morgan fingerprint density at radius 1 is 1.11 bits per heavy atom. The summed E-state index contributed by atoms with van der Waals surface area (Å²) in [5.74, 6) is -1.39. The minimum absolute atomic E-state index is 0.0123. The highest BCUT2D eigenvalue weighted by molar-refractivity contribution is 7.94. The number of benzene rings is 2. The van der Waals surface area contributed by atoms with Crippen LogP contribution in [0.4, 0.5) is 0 Å². The third-order valence-corrected chi connectivity index (χ3v) is 6.69. The lowest BCUT2D eigenvalue weighted by Gasteiger charge is -2.19. The first kappa shape index (κ1) is 20.1. The lowest BCUT2D eigenvalue weighted by Crippen LogP contribution is -2.37. The molecule has 8 heteroatoms. The molecule has 28 heavy (non-hydrogen) atoms. The van der Waals surface area contributed by atoms with E-state index in [9.17, 15) is 18.0 Å². The Labute approximate surface area is 167 Å². The molecule has 2 aromatic carbocycles. The molecule has 1 aliphatic rings. The van der Waals surface area contributed by atoms with Gasteiger partial charge in [-0.15, -0.1) is 0 Å². The minimum atomic E-state index is -4.15. The highest BCUT2D eigenvalue weighted by Gasteiger charge is 2.64. The van der Waals surface area contributed by atoms with Crippen molar-refractivity contribution in [1.82, 2.24) is 0 Å². The van der Waals surface area contributed by atoms with Gasteiger partial charge >= 0.3 is 11.9 Å². The number of halogens is 1. The number of sulfone groups is 1. The molecule has 1 unspecified atom stereocenters. The first-order chi connectivity index (χ1) is 13.2. The standard InChI is InChI=1S/C20H17ClO6S/c1-3-26-19(23)20(28(24,25)15-7-5-4-6-8-15)12-17(20)16-11-14(21)9-10-18(16)27-13(2)22/h4-12H,3H2,1-2H3. The van der Waals surface area contributed by atoms with Crippen LogP contribution in [0.5, 0.6) is 5.75 Å². The summed E-state index contributed by atoms with van der Waals surface area (Å²) in [5.41, 5.74) is 0.406. The van der Waals surface area contributed by atoms with Crippen LogP contribution in [0, 0.1) is 0 Å². The monoisotopic (exact) mass is 420 g/mol. The largest absolute Gasteiger partial charge is 0.464 e. The van der Waals surface area contributed by atoms with Gasteiger partial charge in [0.2, 0.25) is 14.6 Å². The molecule has 0 spiro atoms. The number of rotatable bonds is 6. The molecule has 0 radical (unpaired) electrons. The fraction of sp³-hybridized carbons (Fsp3) is 0.200. The van der Waals surface area contributed by atoms with E-state index in [1.54, 1.807) is 25.1 Å². The van der Waals surface area contributed by atoms with Gasteiger partial charge in [-0.1, -0.05) is 29.8 Å². The SMILES string of the molecule is CCOC(=O)C1(S(=O)(=O)c2ccccc2)C=C1c1cc(Cl)ccc1OC(C)=O. The molecule has 0 heterocycles. The molecule has 2 aromatic rings. The Hall–Kier alpha value is -2.64. The normalized spacial score (nSPS) is 18.2. The summed E-state index contributed by atoms with van der Waals surface area (Å²) in [6, 6.07) is 12.0. The molecule has 0 amide bonds. The first-order valence-electron chi connectivity index (χ1n) is 8.42. The van der Waals surface area contributed by atoms with Gasteiger partial charge in [0.25, 0.3) is 0 Å². The molecular formula is C20H17ClO6S. The second-order valence-electron chi connectivity index (χ2n) is 6.06. The van der Waals surface area contributed by atoms with Crippen molar-refractivity contribution in [1.29, 1.82) is 0 Å². The van der Waals surface area contributed by atoms with Gasteiger partial charge in [0.1, 0.15) is 5.75 Å². The maximum atomic E-state index is 13.3. The molecule has 6 nitrogen and oxygen atoms in total. The quantitative estimate of drug-likeness (QED) is 0.525. The molecule has 1 aliphatic carbocycles. The second kappa shape index (κ2) is 7.41. The second-order valence-corrected chi connectivity index (χ2v) is 8.62. The predicted molar refractivity (Wildman–Crippen MR) is 104 cm³/mol. The van der Waals surface area contributed by atoms with E-state index < -0.39 is 26.5 Å². The van der Waals surface area contributed by atoms with Crippen LogP contribution in [0.15, 0.2) is 59.5 Å². The molecule has 146 valence electrons. The van der Waals surface area contributed by atoms with E-state index in [2.05, 4.69) is 0 Å². The maximum absolute atomic E-state index is 13.3. The summed E-state index contributed by atoms with van der Waals surface area (Å²) in [7, 11) is -4.15. The van der Waals surface area contributed by atoms with Gasteiger partial charge in [0.15, 0.2) is 0 Å². The third-order valence-electron chi connectivity index (χ3n) is 4.21. The van der Waals surface area contributed by atoms with Crippen molar-refractivity contribution in [3.05, 3.63) is 65.2 Å². The average molecular weight is 421 g/mol. The van der Waals surface area contributed by atoms with E-state index in [0.29, 0.717) is 5.02 Å². The van der Waals surface area contributed by atoms with Crippen LogP contribution in [0.2, 0.25) is 5.02 Å². The van der Waals surface area contributed by atoms with Crippen LogP contribution in [0.25, 0.3) is 5.57 Å². The summed E-state index contributed by atoms with van der Waals surface area (Å²) in [6.45, 7) is 2.82. The van der Waals surface area contributed by atoms with Gasteiger partial charge in [0.05, 0.1) is 11.5 Å². The Bertz CT molecular complexity index is 1080. The van der Waals surface area contributed by atoms with Crippen LogP contribution in [0.3, 0.4) is 0 Å². The van der Waals surface area contributed by atoms with Gasteiger partial charge in [-0.3, -0.25) is 4.79 Å². The molecule has 0 saturated carbocycles. The molecule has 0 bridgehead atoms. The van der Waals surface area contributed by atoms with Crippen molar-refractivity contribution in [2.75, 3.05) is 6.61 Å². The zero-order valence-corrected chi connectivity index (χ0v) is 16.7. The molecule has 0 aliphatic heterocycles. The fourth-order valence-electron chi connectivity index (χ4n) is 2.93. The van der Waals surface area contributed by atoms with E-state index in [1.807, 2.05) is 0 Å². The Morgan fingerprint density at radius 3 is 2.39 bits per heavy atom. The zero-order chi connectivity index (χ0) is 20.5. The molecule has 1 atom stereocenters. The Morgan fingerprint density at radius 2 is 1.79 bits per heavy atom. The maximum Gasteiger partial charge on any atom is 0.336 e. The van der Waals surface area contributed by atoms with E-state index in [-0.39, 0.29) is 28.4 Å². The highest BCUT2D eigenvalue weighted by atomic mass is 35.5. The summed E-state index contributed by atoms with van der Waals surface area (Å²) < 4.78 is 34.9. The van der Waals surface area contributed by atoms with Crippen molar-refractivity contribution in [3.63, 3.8) is 0 Å². The lowest BCUT2D eigenvalue weighted by atomic mass is 10.1. The highest BCUT2D eigenvalue weighted by Crippen LogP contribution is 2.54. The van der Waals surface area contributed by atoms with E-state index in [0.717, 1.165) is 0 Å². The smallest absolute Gasteiger partial charge is 0.336 e. The van der Waals surface area contributed by atoms with Crippen molar-refractivity contribution < 1.29 is 27.5 Å². The summed E-state index contributed by atoms with van der Waals surface area (Å²) >= 11 is 6.06. The Kier molecular flexibility index (Phi) is 5.32. The number of esters is 2.